The second-order valence-electron chi connectivity index (χ2n) is 8.52. The van der Waals surface area contributed by atoms with Crippen molar-refractivity contribution >= 4 is 28.6 Å². The van der Waals surface area contributed by atoms with Crippen molar-refractivity contribution in [2.75, 3.05) is 23.3 Å². The van der Waals surface area contributed by atoms with Gasteiger partial charge in [-0.05, 0) is 63.3 Å². The van der Waals surface area contributed by atoms with Gasteiger partial charge in [-0.15, -0.1) is 11.3 Å². The average molecular weight is 413 g/mol. The Hall–Kier alpha value is -1.92. The molecule has 5 nitrogen and oxygen atoms in total. The Morgan fingerprint density at radius 1 is 1.17 bits per heavy atom. The number of nitrogens with one attached hydrogen (secondary N) is 2. The standard InChI is InChI=1S/C23H32N4OS/c1-17(14-22-15-24-16-29-22)25-20-10-12-27(13-11-20)21-8-6-19(7-9-21)26-23(28)18-4-2-3-5-18/h6-9,15-18,20,25H,2-5,10-14H2,1H3,(H,26,28)/t17-/m0/s1. The molecule has 2 fully saturated rings. The fraction of sp³-hybridized carbons (Fsp3) is 0.565. The van der Waals surface area contributed by atoms with E-state index in [-0.39, 0.29) is 11.8 Å². The molecule has 156 valence electrons. The van der Waals surface area contributed by atoms with E-state index in [1.807, 2.05) is 23.8 Å². The molecule has 0 unspecified atom stereocenters. The summed E-state index contributed by atoms with van der Waals surface area (Å²) in [5.74, 6) is 0.397. The first-order valence-electron chi connectivity index (χ1n) is 11.0. The maximum Gasteiger partial charge on any atom is 0.227 e. The van der Waals surface area contributed by atoms with Crippen LogP contribution in [0.3, 0.4) is 0 Å². The Balaban J connectivity index is 1.22. The van der Waals surface area contributed by atoms with Crippen molar-refractivity contribution in [2.45, 2.75) is 64.0 Å². The normalized spacial score (nSPS) is 19.4. The lowest BCUT2D eigenvalue weighted by atomic mass is 10.0. The van der Waals surface area contributed by atoms with Crippen molar-refractivity contribution < 1.29 is 4.79 Å². The number of amides is 1. The Morgan fingerprint density at radius 3 is 2.55 bits per heavy atom. The molecule has 1 saturated carbocycles. The third-order valence-electron chi connectivity index (χ3n) is 6.23. The van der Waals surface area contributed by atoms with E-state index in [0.29, 0.717) is 12.1 Å². The van der Waals surface area contributed by atoms with Crippen LogP contribution < -0.4 is 15.5 Å². The zero-order valence-corrected chi connectivity index (χ0v) is 18.1. The van der Waals surface area contributed by atoms with Crippen LogP contribution in [0.5, 0.6) is 0 Å². The first-order valence-corrected chi connectivity index (χ1v) is 11.8. The highest BCUT2D eigenvalue weighted by molar-refractivity contribution is 7.09. The molecule has 2 heterocycles. The number of anilines is 2. The van der Waals surface area contributed by atoms with Gasteiger partial charge in [0, 0.05) is 53.5 Å². The summed E-state index contributed by atoms with van der Waals surface area (Å²) in [5.41, 5.74) is 4.07. The van der Waals surface area contributed by atoms with Crippen LogP contribution in [0.25, 0.3) is 0 Å². The van der Waals surface area contributed by atoms with Crippen LogP contribution in [0.15, 0.2) is 36.0 Å². The quantitative estimate of drug-likeness (QED) is 0.705. The summed E-state index contributed by atoms with van der Waals surface area (Å²) in [7, 11) is 0. The molecule has 0 bridgehead atoms. The number of hydrogen-bond donors (Lipinski definition) is 2. The van der Waals surface area contributed by atoms with Crippen molar-refractivity contribution in [3.05, 3.63) is 40.8 Å². The number of piperidine rings is 1. The van der Waals surface area contributed by atoms with E-state index in [9.17, 15) is 4.79 Å². The molecule has 1 aromatic carbocycles. The number of carbonyl (C=O) groups is 1. The summed E-state index contributed by atoms with van der Waals surface area (Å²) in [6, 6.07) is 9.44. The minimum Gasteiger partial charge on any atom is -0.371 e. The van der Waals surface area contributed by atoms with E-state index in [1.54, 1.807) is 11.3 Å². The Bertz CT molecular complexity index is 763. The second-order valence-corrected chi connectivity index (χ2v) is 9.49. The van der Waals surface area contributed by atoms with Gasteiger partial charge in [-0.1, -0.05) is 12.8 Å². The van der Waals surface area contributed by atoms with Crippen molar-refractivity contribution in [3.63, 3.8) is 0 Å². The molecule has 6 heteroatoms. The SMILES string of the molecule is C[C@@H](Cc1cncs1)NC1CCN(c2ccc(NC(=O)C3CCCC3)cc2)CC1. The first kappa shape index (κ1) is 20.4. The predicted molar refractivity (Wildman–Crippen MR) is 121 cm³/mol. The highest BCUT2D eigenvalue weighted by Gasteiger charge is 2.23. The van der Waals surface area contributed by atoms with Crippen LogP contribution in [-0.4, -0.2) is 36.1 Å². The number of carbonyl (C=O) groups excluding carboxylic acids is 1. The van der Waals surface area contributed by atoms with Gasteiger partial charge in [-0.3, -0.25) is 9.78 Å². The summed E-state index contributed by atoms with van der Waals surface area (Å²) < 4.78 is 0. The lowest BCUT2D eigenvalue weighted by Gasteiger charge is -2.35. The number of hydrogen-bond acceptors (Lipinski definition) is 5. The number of rotatable bonds is 7. The van der Waals surface area contributed by atoms with E-state index < -0.39 is 0 Å². The Labute approximate surface area is 177 Å². The van der Waals surface area contributed by atoms with Crippen molar-refractivity contribution in [3.8, 4) is 0 Å². The van der Waals surface area contributed by atoms with Gasteiger partial charge < -0.3 is 15.5 Å². The minimum absolute atomic E-state index is 0.189. The van der Waals surface area contributed by atoms with Gasteiger partial charge in [0.15, 0.2) is 0 Å². The molecule has 1 amide bonds. The van der Waals surface area contributed by atoms with Crippen LogP contribution in [0.1, 0.15) is 50.3 Å². The molecule has 4 rings (SSSR count). The van der Waals surface area contributed by atoms with Gasteiger partial charge in [0.25, 0.3) is 0 Å². The second kappa shape index (κ2) is 9.72. The number of benzene rings is 1. The molecule has 1 aliphatic carbocycles. The third-order valence-corrected chi connectivity index (χ3v) is 7.03. The third kappa shape index (κ3) is 5.58. The van der Waals surface area contributed by atoms with Crippen LogP contribution in [0, 0.1) is 5.92 Å². The highest BCUT2D eigenvalue weighted by Crippen LogP contribution is 2.27. The van der Waals surface area contributed by atoms with Crippen molar-refractivity contribution in [2.24, 2.45) is 5.92 Å². The molecule has 1 atom stereocenters. The van der Waals surface area contributed by atoms with Gasteiger partial charge in [0.05, 0.1) is 5.51 Å². The summed E-state index contributed by atoms with van der Waals surface area (Å²) in [4.78, 5) is 20.3. The highest BCUT2D eigenvalue weighted by atomic mass is 32.1. The molecule has 29 heavy (non-hydrogen) atoms. The Morgan fingerprint density at radius 2 is 1.90 bits per heavy atom. The average Bonchev–Trinajstić information content (AvgIpc) is 3.43. The lowest BCUT2D eigenvalue weighted by Crippen LogP contribution is -2.46. The van der Waals surface area contributed by atoms with E-state index in [1.165, 1.54) is 23.4 Å². The van der Waals surface area contributed by atoms with Gasteiger partial charge in [-0.25, -0.2) is 0 Å². The predicted octanol–water partition coefficient (Wildman–Crippen LogP) is 4.46. The summed E-state index contributed by atoms with van der Waals surface area (Å²) >= 11 is 1.74. The van der Waals surface area contributed by atoms with Gasteiger partial charge >= 0.3 is 0 Å². The largest absolute Gasteiger partial charge is 0.371 e. The smallest absolute Gasteiger partial charge is 0.227 e. The lowest BCUT2D eigenvalue weighted by molar-refractivity contribution is -0.119. The summed E-state index contributed by atoms with van der Waals surface area (Å²) in [6.07, 6.45) is 9.80. The summed E-state index contributed by atoms with van der Waals surface area (Å²) in [5, 5.41) is 6.88. The van der Waals surface area contributed by atoms with Crippen molar-refractivity contribution in [1.82, 2.24) is 10.3 Å². The molecule has 2 N–H and O–H groups in total. The van der Waals surface area contributed by atoms with Crippen LogP contribution in [0.4, 0.5) is 11.4 Å². The molecule has 1 aliphatic heterocycles. The fourth-order valence-electron chi connectivity index (χ4n) is 4.60. The molecule has 2 aromatic rings. The van der Waals surface area contributed by atoms with E-state index in [4.69, 9.17) is 0 Å². The van der Waals surface area contributed by atoms with E-state index in [2.05, 4.69) is 39.6 Å². The molecular weight excluding hydrogens is 380 g/mol. The minimum atomic E-state index is 0.189. The van der Waals surface area contributed by atoms with Crippen molar-refractivity contribution in [1.29, 1.82) is 0 Å². The van der Waals surface area contributed by atoms with Crippen LogP contribution in [-0.2, 0) is 11.2 Å². The zero-order chi connectivity index (χ0) is 20.1. The molecule has 0 spiro atoms. The monoisotopic (exact) mass is 412 g/mol. The first-order chi connectivity index (χ1) is 14.2. The number of aromatic nitrogens is 1. The van der Waals surface area contributed by atoms with Crippen LogP contribution >= 0.6 is 11.3 Å². The number of thiazole rings is 1. The van der Waals surface area contributed by atoms with Crippen LogP contribution in [0.2, 0.25) is 0 Å². The van der Waals surface area contributed by atoms with Gasteiger partial charge in [0.1, 0.15) is 0 Å². The van der Waals surface area contributed by atoms with Gasteiger partial charge in [0.2, 0.25) is 5.91 Å². The maximum atomic E-state index is 12.3. The summed E-state index contributed by atoms with van der Waals surface area (Å²) in [6.45, 7) is 4.40. The fourth-order valence-corrected chi connectivity index (χ4v) is 5.32. The molecule has 1 saturated heterocycles. The zero-order valence-electron chi connectivity index (χ0n) is 17.3. The molecule has 2 aliphatic rings. The molecule has 1 aromatic heterocycles. The van der Waals surface area contributed by atoms with Gasteiger partial charge in [-0.2, -0.15) is 0 Å². The van der Waals surface area contributed by atoms with E-state index in [0.717, 1.165) is 50.9 Å². The Kier molecular flexibility index (Phi) is 6.82. The topological polar surface area (TPSA) is 57.3 Å². The maximum absolute atomic E-state index is 12.3. The number of nitrogens with zero attached hydrogens (tertiary/aromatic N) is 2. The molecule has 0 radical (unpaired) electrons. The molecular formula is C23H32N4OS. The van der Waals surface area contributed by atoms with E-state index >= 15 is 0 Å².